The Balaban J connectivity index is 1.56. The fourth-order valence-electron chi connectivity index (χ4n) is 4.50. The van der Waals surface area contributed by atoms with Gasteiger partial charge in [0.25, 0.3) is 5.56 Å². The first-order valence-electron chi connectivity index (χ1n) is 11.3. The molecule has 0 spiro atoms. The van der Waals surface area contributed by atoms with Gasteiger partial charge in [-0.2, -0.15) is 5.10 Å². The van der Waals surface area contributed by atoms with Crippen LogP contribution in [-0.4, -0.2) is 34.1 Å². The van der Waals surface area contributed by atoms with Crippen molar-refractivity contribution in [1.82, 2.24) is 9.78 Å². The van der Waals surface area contributed by atoms with E-state index in [0.29, 0.717) is 46.3 Å². The number of ether oxygens (including phenoxy) is 1. The van der Waals surface area contributed by atoms with Crippen molar-refractivity contribution in [3.8, 4) is 22.4 Å². The Bertz CT molecular complexity index is 1180. The highest BCUT2D eigenvalue weighted by molar-refractivity contribution is 6.35. The van der Waals surface area contributed by atoms with Gasteiger partial charge in [0, 0.05) is 33.8 Å². The lowest BCUT2D eigenvalue weighted by Gasteiger charge is -2.28. The Kier molecular flexibility index (Phi) is 8.03. The third kappa shape index (κ3) is 6.26. The van der Waals surface area contributed by atoms with Crippen molar-refractivity contribution < 1.29 is 14.6 Å². The van der Waals surface area contributed by atoms with Crippen LogP contribution >= 0.6 is 23.2 Å². The molecule has 178 valence electrons. The number of hydrogen-bond donors (Lipinski definition) is 1. The second-order valence-electron chi connectivity index (χ2n) is 8.75. The van der Waals surface area contributed by atoms with Crippen LogP contribution in [-0.2, 0) is 16.1 Å². The molecule has 0 unspecified atom stereocenters. The minimum atomic E-state index is -0.947. The van der Waals surface area contributed by atoms with E-state index in [9.17, 15) is 9.59 Å². The fourth-order valence-corrected chi connectivity index (χ4v) is 5.02. The molecule has 0 bridgehead atoms. The molecule has 8 heteroatoms. The van der Waals surface area contributed by atoms with Crippen LogP contribution in [0.5, 0.6) is 0 Å². The SMILES string of the molecule is O=C(O)COC[C@H]1CC[C@H](Cn2nc(-c3ccccc3)c(-c3cc(Cl)cc(Cl)c3)cc2=O)CC1. The molecular weight excluding hydrogens is 475 g/mol. The molecule has 1 aliphatic rings. The van der Waals surface area contributed by atoms with Gasteiger partial charge < -0.3 is 9.84 Å². The molecule has 0 saturated heterocycles. The first-order chi connectivity index (χ1) is 16.4. The summed E-state index contributed by atoms with van der Waals surface area (Å²) in [4.78, 5) is 23.7. The zero-order chi connectivity index (χ0) is 24.1. The van der Waals surface area contributed by atoms with Crippen LogP contribution in [0.2, 0.25) is 10.0 Å². The number of rotatable bonds is 8. The highest BCUT2D eigenvalue weighted by atomic mass is 35.5. The standard InChI is InChI=1S/C26H26Cl2N2O4/c27-21-10-20(11-22(28)12-21)23-13-24(31)30(29-26(23)19-4-2-1-3-5-19)14-17-6-8-18(9-7-17)15-34-16-25(32)33/h1-5,10-13,17-18H,6-9,14-16H2,(H,32,33)/t17-,18-. The van der Waals surface area contributed by atoms with E-state index in [2.05, 4.69) is 0 Å². The van der Waals surface area contributed by atoms with E-state index < -0.39 is 5.97 Å². The molecule has 0 aliphatic heterocycles. The van der Waals surface area contributed by atoms with Gasteiger partial charge in [-0.3, -0.25) is 4.79 Å². The summed E-state index contributed by atoms with van der Waals surface area (Å²) in [6.45, 7) is 0.746. The maximum Gasteiger partial charge on any atom is 0.329 e. The Labute approximate surface area is 208 Å². The average molecular weight is 501 g/mol. The molecule has 0 radical (unpaired) electrons. The molecule has 1 saturated carbocycles. The predicted molar refractivity (Wildman–Crippen MR) is 133 cm³/mol. The quantitative estimate of drug-likeness (QED) is 0.423. The number of carboxylic acids is 1. The van der Waals surface area contributed by atoms with Crippen molar-refractivity contribution in [2.24, 2.45) is 11.8 Å². The molecule has 3 aromatic rings. The first-order valence-corrected chi connectivity index (χ1v) is 12.1. The Morgan fingerprint density at radius 1 is 0.971 bits per heavy atom. The van der Waals surface area contributed by atoms with Crippen LogP contribution in [0, 0.1) is 11.8 Å². The van der Waals surface area contributed by atoms with E-state index in [0.717, 1.165) is 36.8 Å². The summed E-state index contributed by atoms with van der Waals surface area (Å²) in [6.07, 6.45) is 3.79. The van der Waals surface area contributed by atoms with Crippen molar-refractivity contribution in [1.29, 1.82) is 0 Å². The molecule has 34 heavy (non-hydrogen) atoms. The molecule has 6 nitrogen and oxygen atoms in total. The monoisotopic (exact) mass is 500 g/mol. The van der Waals surface area contributed by atoms with Gasteiger partial charge in [0.2, 0.25) is 0 Å². The van der Waals surface area contributed by atoms with Gasteiger partial charge in [0.15, 0.2) is 0 Å². The maximum atomic E-state index is 13.1. The van der Waals surface area contributed by atoms with Crippen LogP contribution in [0.4, 0.5) is 0 Å². The summed E-state index contributed by atoms with van der Waals surface area (Å²) >= 11 is 12.5. The average Bonchev–Trinajstić information content (AvgIpc) is 2.81. The maximum absolute atomic E-state index is 13.1. The highest BCUT2D eigenvalue weighted by Crippen LogP contribution is 2.34. The Morgan fingerprint density at radius 3 is 2.26 bits per heavy atom. The van der Waals surface area contributed by atoms with Gasteiger partial charge in [-0.05, 0) is 61.3 Å². The number of nitrogens with zero attached hydrogens (tertiary/aromatic N) is 2. The Morgan fingerprint density at radius 2 is 1.62 bits per heavy atom. The molecule has 1 N–H and O–H groups in total. The van der Waals surface area contributed by atoms with E-state index in [4.69, 9.17) is 38.1 Å². The first kappa shape index (κ1) is 24.5. The Hall–Kier alpha value is -2.67. The van der Waals surface area contributed by atoms with Crippen molar-refractivity contribution in [2.75, 3.05) is 13.2 Å². The smallest absolute Gasteiger partial charge is 0.329 e. The van der Waals surface area contributed by atoms with Gasteiger partial charge in [-0.1, -0.05) is 53.5 Å². The fraction of sp³-hybridized carbons (Fsp3) is 0.346. The second kappa shape index (κ2) is 11.2. The van der Waals surface area contributed by atoms with Gasteiger partial charge in [-0.25, -0.2) is 9.48 Å². The van der Waals surface area contributed by atoms with Crippen molar-refractivity contribution in [3.05, 3.63) is 75.0 Å². The number of halogens is 2. The van der Waals surface area contributed by atoms with Gasteiger partial charge >= 0.3 is 5.97 Å². The zero-order valence-corrected chi connectivity index (χ0v) is 20.1. The third-order valence-corrected chi connectivity index (χ3v) is 6.63. The van der Waals surface area contributed by atoms with E-state index in [1.807, 2.05) is 30.3 Å². The lowest BCUT2D eigenvalue weighted by atomic mass is 9.82. The summed E-state index contributed by atoms with van der Waals surface area (Å²) in [5.41, 5.74) is 2.87. The van der Waals surface area contributed by atoms with Crippen LogP contribution in [0.3, 0.4) is 0 Å². The van der Waals surface area contributed by atoms with Crippen LogP contribution in [0.1, 0.15) is 25.7 Å². The summed E-state index contributed by atoms with van der Waals surface area (Å²) in [6, 6.07) is 16.6. The van der Waals surface area contributed by atoms with Crippen molar-refractivity contribution >= 4 is 29.2 Å². The number of benzene rings is 2. The third-order valence-electron chi connectivity index (χ3n) is 6.20. The van der Waals surface area contributed by atoms with Crippen molar-refractivity contribution in [2.45, 2.75) is 32.2 Å². The zero-order valence-electron chi connectivity index (χ0n) is 18.6. The van der Waals surface area contributed by atoms with Crippen LogP contribution in [0.15, 0.2) is 59.4 Å². The van der Waals surface area contributed by atoms with Gasteiger partial charge in [0.1, 0.15) is 6.61 Å². The summed E-state index contributed by atoms with van der Waals surface area (Å²) in [5, 5.41) is 14.5. The summed E-state index contributed by atoms with van der Waals surface area (Å²) < 4.78 is 6.82. The van der Waals surface area contributed by atoms with E-state index in [-0.39, 0.29) is 12.2 Å². The normalized spacial score (nSPS) is 18.1. The molecule has 4 rings (SSSR count). The summed E-state index contributed by atoms with van der Waals surface area (Å²) in [7, 11) is 0. The highest BCUT2D eigenvalue weighted by Gasteiger charge is 2.23. The minimum absolute atomic E-state index is 0.169. The molecule has 0 atom stereocenters. The molecule has 1 heterocycles. The number of aromatic nitrogens is 2. The molecule has 1 aliphatic carbocycles. The minimum Gasteiger partial charge on any atom is -0.480 e. The number of carboxylic acid groups (broad SMARTS) is 1. The number of hydrogen-bond acceptors (Lipinski definition) is 4. The lowest BCUT2D eigenvalue weighted by Crippen LogP contribution is -2.29. The largest absolute Gasteiger partial charge is 0.480 e. The van der Waals surface area contributed by atoms with Gasteiger partial charge in [-0.15, -0.1) is 0 Å². The molecule has 1 aromatic heterocycles. The van der Waals surface area contributed by atoms with Crippen LogP contribution in [0.25, 0.3) is 22.4 Å². The van der Waals surface area contributed by atoms with E-state index in [1.165, 1.54) is 0 Å². The topological polar surface area (TPSA) is 81.4 Å². The summed E-state index contributed by atoms with van der Waals surface area (Å²) in [5.74, 6) is -0.261. The van der Waals surface area contributed by atoms with Crippen molar-refractivity contribution in [3.63, 3.8) is 0 Å². The predicted octanol–water partition coefficient (Wildman–Crippen LogP) is 5.79. The molecule has 1 fully saturated rings. The number of aliphatic carboxylic acids is 1. The van der Waals surface area contributed by atoms with Gasteiger partial charge in [0.05, 0.1) is 12.3 Å². The molecule has 0 amide bonds. The van der Waals surface area contributed by atoms with Crippen LogP contribution < -0.4 is 5.56 Å². The lowest BCUT2D eigenvalue weighted by molar-refractivity contribution is -0.142. The number of carbonyl (C=O) groups is 1. The molecule has 2 aromatic carbocycles. The molecular formula is C26H26Cl2N2O4. The van der Waals surface area contributed by atoms with E-state index >= 15 is 0 Å². The van der Waals surface area contributed by atoms with E-state index in [1.54, 1.807) is 28.9 Å². The second-order valence-corrected chi connectivity index (χ2v) is 9.62.